The fourth-order valence-electron chi connectivity index (χ4n) is 2.54. The normalized spacial score (nSPS) is 12.6. The zero-order valence-corrected chi connectivity index (χ0v) is 14.9. The molecule has 1 amide bonds. The molecule has 1 atom stereocenters. The number of halogens is 3. The average Bonchev–Trinajstić information content (AvgIpc) is 3.07. The number of aryl methyl sites for hydroxylation is 1. The van der Waals surface area contributed by atoms with Gasteiger partial charge in [0.25, 0.3) is 5.91 Å². The molecule has 0 unspecified atom stereocenters. The average molecular weight is 391 g/mol. The molecule has 9 heteroatoms. The van der Waals surface area contributed by atoms with E-state index in [1.54, 1.807) is 16.5 Å². The van der Waals surface area contributed by atoms with Gasteiger partial charge in [-0.3, -0.25) is 4.79 Å². The molecule has 0 saturated carbocycles. The van der Waals surface area contributed by atoms with Gasteiger partial charge in [0.15, 0.2) is 11.8 Å². The van der Waals surface area contributed by atoms with Gasteiger partial charge in [0.2, 0.25) is 0 Å². The third kappa shape index (κ3) is 4.13. The Morgan fingerprint density at radius 1 is 1.18 bits per heavy atom. The van der Waals surface area contributed by atoms with Crippen molar-refractivity contribution in [3.05, 3.63) is 65.6 Å². The Bertz CT molecular complexity index is 1040. The van der Waals surface area contributed by atoms with Gasteiger partial charge in [0.05, 0.1) is 5.56 Å². The molecule has 0 aliphatic rings. The number of carbonyl (C=O) groups is 2. The molecule has 1 aromatic carbocycles. The topological polar surface area (TPSA) is 72.7 Å². The first-order valence-electron chi connectivity index (χ1n) is 8.29. The van der Waals surface area contributed by atoms with E-state index in [0.717, 1.165) is 17.8 Å². The number of carbonyl (C=O) groups excluding carboxylic acids is 2. The first-order chi connectivity index (χ1) is 13.1. The number of alkyl halides is 3. The summed E-state index contributed by atoms with van der Waals surface area (Å²) in [4.78, 5) is 28.6. The van der Waals surface area contributed by atoms with Crippen LogP contribution in [0.1, 0.15) is 28.7 Å². The molecular weight excluding hydrogens is 375 g/mol. The van der Waals surface area contributed by atoms with Gasteiger partial charge in [-0.1, -0.05) is 12.1 Å². The zero-order valence-electron chi connectivity index (χ0n) is 14.9. The summed E-state index contributed by atoms with van der Waals surface area (Å²) in [7, 11) is 0. The van der Waals surface area contributed by atoms with Crippen LogP contribution in [0.15, 0.2) is 48.7 Å². The predicted octanol–water partition coefficient (Wildman–Crippen LogP) is 3.85. The molecule has 6 nitrogen and oxygen atoms in total. The molecule has 0 aliphatic carbocycles. The van der Waals surface area contributed by atoms with Crippen LogP contribution in [0.5, 0.6) is 0 Å². The molecule has 3 aromatic rings. The van der Waals surface area contributed by atoms with Crippen LogP contribution in [-0.4, -0.2) is 27.4 Å². The first kappa shape index (κ1) is 19.4. The molecule has 2 aromatic heterocycles. The van der Waals surface area contributed by atoms with Crippen molar-refractivity contribution in [2.75, 3.05) is 5.32 Å². The van der Waals surface area contributed by atoms with Gasteiger partial charge < -0.3 is 14.5 Å². The summed E-state index contributed by atoms with van der Waals surface area (Å²) in [6, 6.07) is 9.53. The lowest BCUT2D eigenvalue weighted by Crippen LogP contribution is -2.30. The lowest BCUT2D eigenvalue weighted by atomic mass is 10.2. The number of fused-ring (bicyclic) bond motifs is 1. The van der Waals surface area contributed by atoms with Crippen LogP contribution in [0, 0.1) is 6.92 Å². The largest absolute Gasteiger partial charge is 0.448 e. The van der Waals surface area contributed by atoms with Gasteiger partial charge in [-0.05, 0) is 44.2 Å². The number of nitrogens with one attached hydrogen (secondary N) is 1. The third-order valence-corrected chi connectivity index (χ3v) is 4.02. The standard InChI is InChI=1S/C19H16F3N3O3/c1-11-5-3-8-16-24-15(10-25(11)16)18(27)28-12(2)17(26)23-14-7-4-6-13(9-14)19(20,21)22/h3-10,12H,1-2H3,(H,23,26)/t12-/m1/s1. The Morgan fingerprint density at radius 3 is 2.57 bits per heavy atom. The van der Waals surface area contributed by atoms with E-state index in [2.05, 4.69) is 10.3 Å². The van der Waals surface area contributed by atoms with Crippen LogP contribution >= 0.6 is 0 Å². The highest BCUT2D eigenvalue weighted by Gasteiger charge is 2.30. The van der Waals surface area contributed by atoms with Crippen LogP contribution in [0.3, 0.4) is 0 Å². The van der Waals surface area contributed by atoms with E-state index in [1.807, 2.05) is 13.0 Å². The van der Waals surface area contributed by atoms with E-state index in [4.69, 9.17) is 4.74 Å². The molecule has 0 fully saturated rings. The fourth-order valence-corrected chi connectivity index (χ4v) is 2.54. The van der Waals surface area contributed by atoms with Crippen LogP contribution in [-0.2, 0) is 15.7 Å². The van der Waals surface area contributed by atoms with Gasteiger partial charge in [-0.15, -0.1) is 0 Å². The van der Waals surface area contributed by atoms with Crippen LogP contribution in [0.25, 0.3) is 5.65 Å². The number of benzene rings is 1. The second kappa shape index (κ2) is 7.34. The number of hydrogen-bond acceptors (Lipinski definition) is 4. The van der Waals surface area contributed by atoms with Gasteiger partial charge >= 0.3 is 12.1 Å². The van der Waals surface area contributed by atoms with Crippen LogP contribution < -0.4 is 5.32 Å². The quantitative estimate of drug-likeness (QED) is 0.686. The third-order valence-electron chi connectivity index (χ3n) is 4.02. The van der Waals surface area contributed by atoms with Gasteiger partial charge in [-0.25, -0.2) is 9.78 Å². The Hall–Kier alpha value is -3.36. The number of rotatable bonds is 4. The number of amides is 1. The van der Waals surface area contributed by atoms with Crippen LogP contribution in [0.2, 0.25) is 0 Å². The molecule has 0 aliphatic heterocycles. The maximum absolute atomic E-state index is 12.7. The minimum atomic E-state index is -4.53. The van der Waals surface area contributed by atoms with Crippen molar-refractivity contribution < 1.29 is 27.5 Å². The van der Waals surface area contributed by atoms with E-state index in [0.29, 0.717) is 5.65 Å². The Labute approximate surface area is 157 Å². The van der Waals surface area contributed by atoms with Gasteiger partial charge in [0.1, 0.15) is 5.65 Å². The summed E-state index contributed by atoms with van der Waals surface area (Å²) in [6.07, 6.45) is -4.27. The Balaban J connectivity index is 1.68. The van der Waals surface area contributed by atoms with E-state index in [1.165, 1.54) is 25.3 Å². The van der Waals surface area contributed by atoms with Crippen molar-refractivity contribution in [3.8, 4) is 0 Å². The zero-order chi connectivity index (χ0) is 20.5. The smallest absolute Gasteiger partial charge is 0.416 e. The van der Waals surface area contributed by atoms with E-state index >= 15 is 0 Å². The summed E-state index contributed by atoms with van der Waals surface area (Å²) in [5.41, 5.74) is 0.488. The summed E-state index contributed by atoms with van der Waals surface area (Å²) >= 11 is 0. The highest BCUT2D eigenvalue weighted by atomic mass is 19.4. The second-order valence-corrected chi connectivity index (χ2v) is 6.14. The minimum absolute atomic E-state index is 0.0213. The summed E-state index contributed by atoms with van der Waals surface area (Å²) in [6.45, 7) is 3.16. The van der Waals surface area contributed by atoms with E-state index in [9.17, 15) is 22.8 Å². The predicted molar refractivity (Wildman–Crippen MR) is 94.9 cm³/mol. The molecule has 2 heterocycles. The van der Waals surface area contributed by atoms with E-state index in [-0.39, 0.29) is 11.4 Å². The number of pyridine rings is 1. The first-order valence-corrected chi connectivity index (χ1v) is 8.29. The molecule has 0 saturated heterocycles. The number of aromatic nitrogens is 2. The van der Waals surface area contributed by atoms with Crippen molar-refractivity contribution >= 4 is 23.2 Å². The van der Waals surface area contributed by atoms with Crippen molar-refractivity contribution in [2.45, 2.75) is 26.1 Å². The van der Waals surface area contributed by atoms with Gasteiger partial charge in [-0.2, -0.15) is 13.2 Å². The van der Waals surface area contributed by atoms with Crippen molar-refractivity contribution in [1.29, 1.82) is 0 Å². The molecule has 0 spiro atoms. The molecule has 1 N–H and O–H groups in total. The summed E-state index contributed by atoms with van der Waals surface area (Å²) in [5, 5.41) is 2.30. The maximum atomic E-state index is 12.7. The summed E-state index contributed by atoms with van der Waals surface area (Å²) in [5.74, 6) is -1.57. The molecule has 28 heavy (non-hydrogen) atoms. The molecular formula is C19H16F3N3O3. The Morgan fingerprint density at radius 2 is 1.89 bits per heavy atom. The number of hydrogen-bond donors (Lipinski definition) is 1. The minimum Gasteiger partial charge on any atom is -0.448 e. The van der Waals surface area contributed by atoms with Crippen molar-refractivity contribution in [3.63, 3.8) is 0 Å². The number of nitrogens with zero attached hydrogens (tertiary/aromatic N) is 2. The van der Waals surface area contributed by atoms with Crippen LogP contribution in [0.4, 0.5) is 18.9 Å². The number of ether oxygens (including phenoxy) is 1. The highest BCUT2D eigenvalue weighted by molar-refractivity contribution is 5.97. The molecule has 146 valence electrons. The SMILES string of the molecule is Cc1cccc2nc(C(=O)O[C@H](C)C(=O)Nc3cccc(C(F)(F)F)c3)cn12. The monoisotopic (exact) mass is 391 g/mol. The number of imidazole rings is 1. The highest BCUT2D eigenvalue weighted by Crippen LogP contribution is 2.30. The second-order valence-electron chi connectivity index (χ2n) is 6.14. The molecule has 3 rings (SSSR count). The summed E-state index contributed by atoms with van der Waals surface area (Å²) < 4.78 is 45.0. The molecule has 0 bridgehead atoms. The number of esters is 1. The lowest BCUT2D eigenvalue weighted by Gasteiger charge is -2.14. The lowest BCUT2D eigenvalue weighted by molar-refractivity contribution is -0.137. The Kier molecular flexibility index (Phi) is 5.08. The number of anilines is 1. The van der Waals surface area contributed by atoms with Crippen molar-refractivity contribution in [2.24, 2.45) is 0 Å². The van der Waals surface area contributed by atoms with E-state index < -0.39 is 29.7 Å². The van der Waals surface area contributed by atoms with Crippen molar-refractivity contribution in [1.82, 2.24) is 9.38 Å². The maximum Gasteiger partial charge on any atom is 0.416 e. The van der Waals surface area contributed by atoms with Gasteiger partial charge in [0, 0.05) is 17.6 Å². The molecule has 0 radical (unpaired) electrons. The fraction of sp³-hybridized carbons (Fsp3) is 0.211.